The molecule has 0 aliphatic carbocycles. The predicted molar refractivity (Wildman–Crippen MR) is 68.3 cm³/mol. The van der Waals surface area contributed by atoms with Gasteiger partial charge in [-0.3, -0.25) is 0 Å². The molecule has 3 rings (SSSR count). The highest BCUT2D eigenvalue weighted by Gasteiger charge is 2.10. The van der Waals surface area contributed by atoms with Crippen LogP contribution in [0.2, 0.25) is 5.02 Å². The number of benzene rings is 2. The molecular weight excluding hydrogens is 236 g/mol. The third kappa shape index (κ3) is 1.77. The number of phenolic OH excluding ortho intramolecular Hbond substituents is 1. The van der Waals surface area contributed by atoms with Gasteiger partial charge in [-0.15, -0.1) is 0 Å². The first kappa shape index (κ1) is 10.2. The van der Waals surface area contributed by atoms with Gasteiger partial charge < -0.3 is 9.52 Å². The number of rotatable bonds is 1. The van der Waals surface area contributed by atoms with Gasteiger partial charge in [-0.25, -0.2) is 0 Å². The molecular formula is C14H9ClO2. The standard InChI is InChI=1S/C14H9ClO2/c15-10-5-6-12(16)11(8-10)14-7-9-3-1-2-4-13(9)17-14/h1-8,16H. The highest BCUT2D eigenvalue weighted by Crippen LogP contribution is 2.35. The lowest BCUT2D eigenvalue weighted by atomic mass is 10.1. The first-order valence-corrected chi connectivity index (χ1v) is 5.59. The van der Waals surface area contributed by atoms with Gasteiger partial charge in [0.05, 0.1) is 5.56 Å². The summed E-state index contributed by atoms with van der Waals surface area (Å²) < 4.78 is 5.67. The Hall–Kier alpha value is -1.93. The Balaban J connectivity index is 2.23. The van der Waals surface area contributed by atoms with E-state index in [9.17, 15) is 5.11 Å². The van der Waals surface area contributed by atoms with E-state index in [4.69, 9.17) is 16.0 Å². The van der Waals surface area contributed by atoms with Gasteiger partial charge in [0.15, 0.2) is 0 Å². The van der Waals surface area contributed by atoms with Crippen LogP contribution >= 0.6 is 11.6 Å². The molecule has 3 aromatic rings. The third-order valence-corrected chi connectivity index (χ3v) is 2.88. The molecule has 0 aliphatic rings. The quantitative estimate of drug-likeness (QED) is 0.686. The van der Waals surface area contributed by atoms with Crippen LogP contribution in [0, 0.1) is 0 Å². The van der Waals surface area contributed by atoms with Crippen LogP contribution in [0.4, 0.5) is 0 Å². The Morgan fingerprint density at radius 1 is 1.00 bits per heavy atom. The van der Waals surface area contributed by atoms with E-state index < -0.39 is 0 Å². The van der Waals surface area contributed by atoms with Gasteiger partial charge in [0, 0.05) is 10.4 Å². The fraction of sp³-hybridized carbons (Fsp3) is 0. The van der Waals surface area contributed by atoms with Crippen molar-refractivity contribution in [3.8, 4) is 17.1 Å². The van der Waals surface area contributed by atoms with E-state index in [1.165, 1.54) is 0 Å². The molecule has 2 nitrogen and oxygen atoms in total. The second kappa shape index (κ2) is 3.82. The van der Waals surface area contributed by atoms with Gasteiger partial charge in [0.2, 0.25) is 0 Å². The number of aromatic hydroxyl groups is 1. The fourth-order valence-electron chi connectivity index (χ4n) is 1.82. The minimum absolute atomic E-state index is 0.161. The Labute approximate surface area is 103 Å². The maximum absolute atomic E-state index is 9.79. The molecule has 0 bridgehead atoms. The first-order chi connectivity index (χ1) is 8.24. The number of phenols is 1. The van der Waals surface area contributed by atoms with Crippen LogP contribution in [0.1, 0.15) is 0 Å². The summed E-state index contributed by atoms with van der Waals surface area (Å²) in [7, 11) is 0. The van der Waals surface area contributed by atoms with Crippen molar-refractivity contribution in [3.63, 3.8) is 0 Å². The van der Waals surface area contributed by atoms with Crippen LogP contribution in [0.5, 0.6) is 5.75 Å². The summed E-state index contributed by atoms with van der Waals surface area (Å²) in [5.74, 6) is 0.777. The van der Waals surface area contributed by atoms with E-state index in [2.05, 4.69) is 0 Å². The molecule has 84 valence electrons. The summed E-state index contributed by atoms with van der Waals surface area (Å²) in [4.78, 5) is 0. The van der Waals surface area contributed by atoms with Crippen LogP contribution < -0.4 is 0 Å². The minimum Gasteiger partial charge on any atom is -0.507 e. The van der Waals surface area contributed by atoms with Crippen molar-refractivity contribution in [1.82, 2.24) is 0 Å². The van der Waals surface area contributed by atoms with Gasteiger partial charge in [0.25, 0.3) is 0 Å². The number of furan rings is 1. The number of fused-ring (bicyclic) bond motifs is 1. The van der Waals surface area contributed by atoms with E-state index >= 15 is 0 Å². The lowest BCUT2D eigenvalue weighted by Gasteiger charge is -2.00. The molecule has 0 fully saturated rings. The molecule has 1 aromatic heterocycles. The minimum atomic E-state index is 0.161. The summed E-state index contributed by atoms with van der Waals surface area (Å²) in [6.07, 6.45) is 0. The smallest absolute Gasteiger partial charge is 0.139 e. The predicted octanol–water partition coefficient (Wildman–Crippen LogP) is 4.46. The third-order valence-electron chi connectivity index (χ3n) is 2.65. The molecule has 0 saturated carbocycles. The molecule has 3 heteroatoms. The average Bonchev–Trinajstić information content (AvgIpc) is 2.75. The molecule has 0 spiro atoms. The van der Waals surface area contributed by atoms with Crippen LogP contribution in [0.15, 0.2) is 52.9 Å². The van der Waals surface area contributed by atoms with E-state index in [0.717, 1.165) is 11.0 Å². The molecule has 0 aliphatic heterocycles. The van der Waals surface area contributed by atoms with E-state index in [0.29, 0.717) is 16.3 Å². The Kier molecular flexibility index (Phi) is 2.30. The number of hydrogen-bond acceptors (Lipinski definition) is 2. The first-order valence-electron chi connectivity index (χ1n) is 5.21. The van der Waals surface area contributed by atoms with E-state index in [-0.39, 0.29) is 5.75 Å². The maximum Gasteiger partial charge on any atom is 0.139 e. The topological polar surface area (TPSA) is 33.4 Å². The SMILES string of the molecule is Oc1ccc(Cl)cc1-c1cc2ccccc2o1. The summed E-state index contributed by atoms with van der Waals surface area (Å²) in [5, 5.41) is 11.4. The Bertz CT molecular complexity index is 653. The molecule has 2 aromatic carbocycles. The van der Waals surface area contributed by atoms with Crippen LogP contribution in [0.3, 0.4) is 0 Å². The lowest BCUT2D eigenvalue weighted by Crippen LogP contribution is -1.75. The summed E-state index contributed by atoms with van der Waals surface area (Å²) in [5.41, 5.74) is 1.40. The van der Waals surface area contributed by atoms with Gasteiger partial charge in [-0.05, 0) is 30.3 Å². The lowest BCUT2D eigenvalue weighted by molar-refractivity contribution is 0.475. The second-order valence-electron chi connectivity index (χ2n) is 3.81. The Morgan fingerprint density at radius 2 is 1.82 bits per heavy atom. The normalized spacial score (nSPS) is 10.9. The molecule has 0 amide bonds. The molecule has 1 N–H and O–H groups in total. The van der Waals surface area contributed by atoms with Crippen molar-refractivity contribution < 1.29 is 9.52 Å². The zero-order valence-electron chi connectivity index (χ0n) is 8.85. The van der Waals surface area contributed by atoms with E-state index in [1.807, 2.05) is 30.3 Å². The van der Waals surface area contributed by atoms with Crippen molar-refractivity contribution in [2.24, 2.45) is 0 Å². The highest BCUT2D eigenvalue weighted by molar-refractivity contribution is 6.30. The summed E-state index contributed by atoms with van der Waals surface area (Å²) >= 11 is 5.91. The van der Waals surface area contributed by atoms with Crippen LogP contribution in [-0.2, 0) is 0 Å². The van der Waals surface area contributed by atoms with Crippen LogP contribution in [0.25, 0.3) is 22.3 Å². The van der Waals surface area contributed by atoms with Crippen molar-refractivity contribution in [3.05, 3.63) is 53.6 Å². The number of hydrogen-bond donors (Lipinski definition) is 1. The van der Waals surface area contributed by atoms with Crippen molar-refractivity contribution in [2.75, 3.05) is 0 Å². The van der Waals surface area contributed by atoms with Gasteiger partial charge in [-0.1, -0.05) is 29.8 Å². The maximum atomic E-state index is 9.79. The highest BCUT2D eigenvalue weighted by atomic mass is 35.5. The summed E-state index contributed by atoms with van der Waals surface area (Å²) in [6, 6.07) is 14.5. The summed E-state index contributed by atoms with van der Waals surface area (Å²) in [6.45, 7) is 0. The molecule has 0 unspecified atom stereocenters. The average molecular weight is 245 g/mol. The van der Waals surface area contributed by atoms with Crippen molar-refractivity contribution in [2.45, 2.75) is 0 Å². The molecule has 17 heavy (non-hydrogen) atoms. The van der Waals surface area contributed by atoms with Gasteiger partial charge in [-0.2, -0.15) is 0 Å². The van der Waals surface area contributed by atoms with Crippen molar-refractivity contribution >= 4 is 22.6 Å². The van der Waals surface area contributed by atoms with Gasteiger partial charge >= 0.3 is 0 Å². The molecule has 0 saturated heterocycles. The second-order valence-corrected chi connectivity index (χ2v) is 4.25. The molecule has 1 heterocycles. The zero-order valence-corrected chi connectivity index (χ0v) is 9.61. The largest absolute Gasteiger partial charge is 0.507 e. The number of halogens is 1. The zero-order chi connectivity index (χ0) is 11.8. The molecule has 0 atom stereocenters. The molecule has 0 radical (unpaired) electrons. The Morgan fingerprint density at radius 3 is 2.65 bits per heavy atom. The number of para-hydroxylation sites is 1. The van der Waals surface area contributed by atoms with Crippen LogP contribution in [-0.4, -0.2) is 5.11 Å². The van der Waals surface area contributed by atoms with E-state index in [1.54, 1.807) is 18.2 Å². The van der Waals surface area contributed by atoms with Gasteiger partial charge in [0.1, 0.15) is 17.1 Å². The fourth-order valence-corrected chi connectivity index (χ4v) is 1.99. The van der Waals surface area contributed by atoms with Crippen molar-refractivity contribution in [1.29, 1.82) is 0 Å². The monoisotopic (exact) mass is 244 g/mol.